The fourth-order valence-corrected chi connectivity index (χ4v) is 2.88. The van der Waals surface area contributed by atoms with Crippen LogP contribution in [0.4, 0.5) is 5.69 Å². The van der Waals surface area contributed by atoms with Crippen molar-refractivity contribution in [1.82, 2.24) is 4.90 Å². The zero-order chi connectivity index (χ0) is 13.0. The molecule has 100 valence electrons. The normalized spacial score (nSPS) is 18.1. The minimum atomic E-state index is 0.730. The van der Waals surface area contributed by atoms with E-state index in [1.54, 1.807) is 7.11 Å². The van der Waals surface area contributed by atoms with Gasteiger partial charge in [0.2, 0.25) is 0 Å². The van der Waals surface area contributed by atoms with Crippen molar-refractivity contribution in [3.05, 3.63) is 28.2 Å². The van der Waals surface area contributed by atoms with Crippen molar-refractivity contribution < 1.29 is 4.74 Å². The van der Waals surface area contributed by atoms with Crippen LogP contribution in [-0.4, -0.2) is 31.7 Å². The molecule has 1 fully saturated rings. The maximum atomic E-state index is 6.04. The summed E-state index contributed by atoms with van der Waals surface area (Å²) in [6.45, 7) is 4.14. The molecule has 4 heteroatoms. The summed E-state index contributed by atoms with van der Waals surface area (Å²) in [6, 6.07) is 6.15. The lowest BCUT2D eigenvalue weighted by Crippen LogP contribution is -2.34. The number of benzene rings is 1. The lowest BCUT2D eigenvalue weighted by atomic mass is 9.97. The van der Waals surface area contributed by atoms with Crippen molar-refractivity contribution in [2.45, 2.75) is 19.4 Å². The largest absolute Gasteiger partial charge is 0.398 e. The Kier molecular flexibility index (Phi) is 5.03. The molecule has 0 atom stereocenters. The number of nitrogen functional groups attached to an aromatic ring is 1. The average Bonchev–Trinajstić information content (AvgIpc) is 2.35. The Morgan fingerprint density at radius 1 is 1.39 bits per heavy atom. The smallest absolute Gasteiger partial charge is 0.0491 e. The summed E-state index contributed by atoms with van der Waals surface area (Å²) in [7, 11) is 1.79. The van der Waals surface area contributed by atoms with Crippen LogP contribution >= 0.6 is 15.9 Å². The van der Waals surface area contributed by atoms with Crippen LogP contribution < -0.4 is 5.73 Å². The molecule has 1 aliphatic rings. The number of rotatable bonds is 4. The van der Waals surface area contributed by atoms with Crippen LogP contribution in [0, 0.1) is 5.92 Å². The molecule has 0 spiro atoms. The van der Waals surface area contributed by atoms with Gasteiger partial charge >= 0.3 is 0 Å². The van der Waals surface area contributed by atoms with Crippen LogP contribution in [0.1, 0.15) is 18.4 Å². The monoisotopic (exact) mass is 312 g/mol. The van der Waals surface area contributed by atoms with E-state index in [1.165, 1.54) is 18.4 Å². The van der Waals surface area contributed by atoms with Gasteiger partial charge in [0.15, 0.2) is 0 Å². The molecule has 2 rings (SSSR count). The minimum absolute atomic E-state index is 0.730. The second kappa shape index (κ2) is 6.55. The van der Waals surface area contributed by atoms with Gasteiger partial charge in [-0.15, -0.1) is 0 Å². The third-order valence-electron chi connectivity index (χ3n) is 3.61. The van der Waals surface area contributed by atoms with E-state index in [9.17, 15) is 0 Å². The van der Waals surface area contributed by atoms with Gasteiger partial charge in [0, 0.05) is 30.4 Å². The molecular formula is C14H21BrN2O. The zero-order valence-corrected chi connectivity index (χ0v) is 12.4. The fourth-order valence-electron chi connectivity index (χ4n) is 2.50. The summed E-state index contributed by atoms with van der Waals surface area (Å²) in [5, 5.41) is 0. The van der Waals surface area contributed by atoms with E-state index >= 15 is 0 Å². The summed E-state index contributed by atoms with van der Waals surface area (Å²) in [6.07, 6.45) is 2.45. The van der Waals surface area contributed by atoms with Crippen LogP contribution in [0.3, 0.4) is 0 Å². The number of piperidine rings is 1. The summed E-state index contributed by atoms with van der Waals surface area (Å²) in [4.78, 5) is 2.48. The number of methoxy groups -OCH3 is 1. The van der Waals surface area contributed by atoms with E-state index in [4.69, 9.17) is 10.5 Å². The Hall–Kier alpha value is -0.580. The molecule has 0 aliphatic carbocycles. The molecule has 0 aromatic heterocycles. The maximum absolute atomic E-state index is 6.04. The number of nitrogens with two attached hydrogens (primary N) is 1. The van der Waals surface area contributed by atoms with E-state index in [1.807, 2.05) is 6.07 Å². The predicted octanol–water partition coefficient (Wildman–Crippen LogP) is 2.89. The van der Waals surface area contributed by atoms with Crippen molar-refractivity contribution >= 4 is 21.6 Å². The van der Waals surface area contributed by atoms with Crippen molar-refractivity contribution in [2.75, 3.05) is 32.5 Å². The molecule has 0 radical (unpaired) electrons. The SMILES string of the molecule is COCC1CCN(Cc2ccc(Br)cc2N)CC1. The van der Waals surface area contributed by atoms with Gasteiger partial charge in [-0.05, 0) is 49.5 Å². The first-order valence-electron chi connectivity index (χ1n) is 6.44. The van der Waals surface area contributed by atoms with Gasteiger partial charge in [-0.1, -0.05) is 22.0 Å². The summed E-state index contributed by atoms with van der Waals surface area (Å²) in [5.41, 5.74) is 8.14. The Bertz CT molecular complexity index is 389. The number of likely N-dealkylation sites (tertiary alicyclic amines) is 1. The maximum Gasteiger partial charge on any atom is 0.0491 e. The van der Waals surface area contributed by atoms with Gasteiger partial charge < -0.3 is 10.5 Å². The van der Waals surface area contributed by atoms with E-state index in [0.717, 1.165) is 42.3 Å². The molecule has 2 N–H and O–H groups in total. The second-order valence-electron chi connectivity index (χ2n) is 5.02. The summed E-state index contributed by atoms with van der Waals surface area (Å²) < 4.78 is 6.27. The number of hydrogen-bond donors (Lipinski definition) is 1. The van der Waals surface area contributed by atoms with E-state index < -0.39 is 0 Å². The molecule has 1 heterocycles. The molecular weight excluding hydrogens is 292 g/mol. The molecule has 0 saturated carbocycles. The quantitative estimate of drug-likeness (QED) is 0.869. The van der Waals surface area contributed by atoms with Crippen molar-refractivity contribution in [3.63, 3.8) is 0 Å². The summed E-state index contributed by atoms with van der Waals surface area (Å²) in [5.74, 6) is 0.730. The first kappa shape index (κ1) is 13.8. The predicted molar refractivity (Wildman–Crippen MR) is 78.4 cm³/mol. The third kappa shape index (κ3) is 3.70. The number of halogens is 1. The van der Waals surface area contributed by atoms with Crippen LogP contribution in [-0.2, 0) is 11.3 Å². The molecule has 18 heavy (non-hydrogen) atoms. The molecule has 1 aliphatic heterocycles. The highest BCUT2D eigenvalue weighted by atomic mass is 79.9. The van der Waals surface area contributed by atoms with Crippen LogP contribution in [0.5, 0.6) is 0 Å². The number of hydrogen-bond acceptors (Lipinski definition) is 3. The van der Waals surface area contributed by atoms with E-state index in [-0.39, 0.29) is 0 Å². The third-order valence-corrected chi connectivity index (χ3v) is 4.10. The lowest BCUT2D eigenvalue weighted by molar-refractivity contribution is 0.0969. The number of nitrogens with zero attached hydrogens (tertiary/aromatic N) is 1. The average molecular weight is 313 g/mol. The highest BCUT2D eigenvalue weighted by Gasteiger charge is 2.19. The highest BCUT2D eigenvalue weighted by Crippen LogP contribution is 2.23. The Balaban J connectivity index is 1.87. The van der Waals surface area contributed by atoms with Gasteiger partial charge in [-0.3, -0.25) is 4.90 Å². The molecule has 3 nitrogen and oxygen atoms in total. The van der Waals surface area contributed by atoms with Gasteiger partial charge in [0.05, 0.1) is 0 Å². The Morgan fingerprint density at radius 3 is 2.72 bits per heavy atom. The molecule has 1 aromatic rings. The van der Waals surface area contributed by atoms with Gasteiger partial charge in [-0.25, -0.2) is 0 Å². The number of ether oxygens (including phenoxy) is 1. The highest BCUT2D eigenvalue weighted by molar-refractivity contribution is 9.10. The van der Waals surface area contributed by atoms with Crippen LogP contribution in [0.15, 0.2) is 22.7 Å². The lowest BCUT2D eigenvalue weighted by Gasteiger charge is -2.31. The fraction of sp³-hybridized carbons (Fsp3) is 0.571. The van der Waals surface area contributed by atoms with Gasteiger partial charge in [0.25, 0.3) is 0 Å². The van der Waals surface area contributed by atoms with Gasteiger partial charge in [0.1, 0.15) is 0 Å². The van der Waals surface area contributed by atoms with Crippen molar-refractivity contribution in [1.29, 1.82) is 0 Å². The second-order valence-corrected chi connectivity index (χ2v) is 5.93. The number of anilines is 1. The first-order chi connectivity index (χ1) is 8.69. The topological polar surface area (TPSA) is 38.5 Å². The van der Waals surface area contributed by atoms with Crippen molar-refractivity contribution in [3.8, 4) is 0 Å². The van der Waals surface area contributed by atoms with Crippen molar-refractivity contribution in [2.24, 2.45) is 5.92 Å². The standard InChI is InChI=1S/C14H21BrN2O/c1-18-10-11-4-6-17(7-5-11)9-12-2-3-13(15)8-14(12)16/h2-3,8,11H,4-7,9-10,16H2,1H3. The van der Waals surface area contributed by atoms with Crippen LogP contribution in [0.2, 0.25) is 0 Å². The molecule has 0 unspecified atom stereocenters. The Labute approximate surface area is 117 Å². The van der Waals surface area contributed by atoms with E-state index in [0.29, 0.717) is 0 Å². The van der Waals surface area contributed by atoms with E-state index in [2.05, 4.69) is 33.0 Å². The van der Waals surface area contributed by atoms with Gasteiger partial charge in [-0.2, -0.15) is 0 Å². The Morgan fingerprint density at radius 2 is 2.11 bits per heavy atom. The molecule has 1 aromatic carbocycles. The molecule has 1 saturated heterocycles. The molecule has 0 bridgehead atoms. The van der Waals surface area contributed by atoms with Crippen LogP contribution in [0.25, 0.3) is 0 Å². The minimum Gasteiger partial charge on any atom is -0.398 e. The molecule has 0 amide bonds. The first-order valence-corrected chi connectivity index (χ1v) is 7.23. The summed E-state index contributed by atoms with van der Waals surface area (Å²) >= 11 is 3.44. The zero-order valence-electron chi connectivity index (χ0n) is 10.9.